The summed E-state index contributed by atoms with van der Waals surface area (Å²) in [5.74, 6) is 0.960. The number of benzene rings is 1. The fourth-order valence-corrected chi connectivity index (χ4v) is 2.22. The van der Waals surface area contributed by atoms with Crippen molar-refractivity contribution in [3.8, 4) is 0 Å². The van der Waals surface area contributed by atoms with Crippen molar-refractivity contribution in [1.82, 2.24) is 0 Å². The average molecular weight is 240 g/mol. The summed E-state index contributed by atoms with van der Waals surface area (Å²) in [5.41, 5.74) is 0.686. The molecule has 1 aromatic rings. The molecule has 0 aliphatic heterocycles. The highest BCUT2D eigenvalue weighted by Crippen LogP contribution is 2.03. The molecule has 0 saturated carbocycles. The molecule has 3 nitrogen and oxygen atoms in total. The standard InChI is InChI=1S/C12H16O3S/c1-15-8-10-16(14)9-7-12(13)11-5-3-2-4-6-11/h2-6H,7-10H2,1H3. The van der Waals surface area contributed by atoms with Crippen LogP contribution in [0.4, 0.5) is 0 Å². The summed E-state index contributed by atoms with van der Waals surface area (Å²) in [4.78, 5) is 11.7. The van der Waals surface area contributed by atoms with Crippen LogP contribution >= 0.6 is 0 Å². The van der Waals surface area contributed by atoms with Crippen LogP contribution < -0.4 is 0 Å². The van der Waals surface area contributed by atoms with Crippen LogP contribution in [0.3, 0.4) is 0 Å². The molecule has 0 radical (unpaired) electrons. The van der Waals surface area contributed by atoms with Gasteiger partial charge in [-0.25, -0.2) is 0 Å². The summed E-state index contributed by atoms with van der Waals surface area (Å²) < 4.78 is 16.2. The molecule has 1 aromatic carbocycles. The Balaban J connectivity index is 2.33. The first kappa shape index (κ1) is 13.1. The van der Waals surface area contributed by atoms with Gasteiger partial charge in [-0.1, -0.05) is 30.3 Å². The van der Waals surface area contributed by atoms with E-state index in [1.54, 1.807) is 19.2 Å². The van der Waals surface area contributed by atoms with Crippen LogP contribution in [0.25, 0.3) is 0 Å². The third-order valence-electron chi connectivity index (χ3n) is 2.17. The molecule has 0 aliphatic carbocycles. The molecule has 0 bridgehead atoms. The number of ketones is 1. The number of methoxy groups -OCH3 is 1. The van der Waals surface area contributed by atoms with Crippen LogP contribution in [-0.4, -0.2) is 35.2 Å². The van der Waals surface area contributed by atoms with Crippen molar-refractivity contribution < 1.29 is 13.7 Å². The minimum absolute atomic E-state index is 0.0476. The van der Waals surface area contributed by atoms with E-state index in [9.17, 15) is 9.00 Å². The second-order valence-electron chi connectivity index (χ2n) is 3.38. The van der Waals surface area contributed by atoms with E-state index in [0.29, 0.717) is 30.1 Å². The van der Waals surface area contributed by atoms with Gasteiger partial charge in [-0.15, -0.1) is 0 Å². The first-order valence-corrected chi connectivity index (χ1v) is 6.65. The van der Waals surface area contributed by atoms with Gasteiger partial charge < -0.3 is 4.74 Å². The Morgan fingerprint density at radius 1 is 1.25 bits per heavy atom. The largest absolute Gasteiger partial charge is 0.384 e. The van der Waals surface area contributed by atoms with Crippen LogP contribution in [0.2, 0.25) is 0 Å². The third-order valence-corrected chi connectivity index (χ3v) is 3.45. The van der Waals surface area contributed by atoms with Gasteiger partial charge in [0, 0.05) is 41.4 Å². The lowest BCUT2D eigenvalue weighted by Gasteiger charge is -2.01. The third kappa shape index (κ3) is 4.68. The van der Waals surface area contributed by atoms with Crippen molar-refractivity contribution in [3.63, 3.8) is 0 Å². The highest BCUT2D eigenvalue weighted by molar-refractivity contribution is 7.85. The van der Waals surface area contributed by atoms with Crippen LogP contribution in [0.1, 0.15) is 16.8 Å². The number of hydrogen-bond donors (Lipinski definition) is 0. The lowest BCUT2D eigenvalue weighted by Crippen LogP contribution is -2.11. The number of Topliss-reactive ketones (excluding diaryl/α,β-unsaturated/α-hetero) is 1. The predicted octanol–water partition coefficient (Wildman–Crippen LogP) is 1.65. The van der Waals surface area contributed by atoms with Crippen molar-refractivity contribution in [2.45, 2.75) is 6.42 Å². The number of carbonyl (C=O) groups is 1. The van der Waals surface area contributed by atoms with E-state index in [1.165, 1.54) is 0 Å². The van der Waals surface area contributed by atoms with Crippen molar-refractivity contribution in [3.05, 3.63) is 35.9 Å². The number of rotatable bonds is 7. The quantitative estimate of drug-likeness (QED) is 0.681. The second-order valence-corrected chi connectivity index (χ2v) is 5.08. The van der Waals surface area contributed by atoms with Gasteiger partial charge in [0.1, 0.15) is 0 Å². The minimum atomic E-state index is -0.960. The van der Waals surface area contributed by atoms with Crippen molar-refractivity contribution in [2.75, 3.05) is 25.2 Å². The maximum absolute atomic E-state index is 11.7. The van der Waals surface area contributed by atoms with Gasteiger partial charge >= 0.3 is 0 Å². The van der Waals surface area contributed by atoms with Crippen molar-refractivity contribution >= 4 is 16.6 Å². The van der Waals surface area contributed by atoms with E-state index in [1.807, 2.05) is 18.2 Å². The Labute approximate surface area is 98.3 Å². The zero-order valence-corrected chi connectivity index (χ0v) is 10.2. The highest BCUT2D eigenvalue weighted by atomic mass is 32.2. The van der Waals surface area contributed by atoms with Gasteiger partial charge in [-0.05, 0) is 0 Å². The molecule has 88 valence electrons. The molecule has 4 heteroatoms. The van der Waals surface area contributed by atoms with Gasteiger partial charge in [0.2, 0.25) is 0 Å². The molecule has 0 aliphatic rings. The Morgan fingerprint density at radius 3 is 2.56 bits per heavy atom. The van der Waals surface area contributed by atoms with Crippen LogP contribution in [0, 0.1) is 0 Å². The summed E-state index contributed by atoms with van der Waals surface area (Å²) in [5, 5.41) is 0. The molecule has 0 heterocycles. The minimum Gasteiger partial charge on any atom is -0.384 e. The van der Waals surface area contributed by atoms with Gasteiger partial charge in [0.15, 0.2) is 5.78 Å². The smallest absolute Gasteiger partial charge is 0.163 e. The number of hydrogen-bond acceptors (Lipinski definition) is 3. The molecule has 16 heavy (non-hydrogen) atoms. The molecular formula is C12H16O3S. The van der Waals surface area contributed by atoms with E-state index < -0.39 is 10.8 Å². The predicted molar refractivity (Wildman–Crippen MR) is 65.1 cm³/mol. The maximum Gasteiger partial charge on any atom is 0.163 e. The number of ether oxygens (including phenoxy) is 1. The Bertz CT molecular complexity index is 349. The van der Waals surface area contributed by atoms with E-state index in [0.717, 1.165) is 0 Å². The number of carbonyl (C=O) groups excluding carboxylic acids is 1. The fourth-order valence-electron chi connectivity index (χ4n) is 1.25. The van der Waals surface area contributed by atoms with E-state index >= 15 is 0 Å². The lowest BCUT2D eigenvalue weighted by atomic mass is 10.1. The van der Waals surface area contributed by atoms with Crippen LogP contribution in [0.15, 0.2) is 30.3 Å². The Kier molecular flexibility index (Phi) is 5.96. The molecule has 0 aromatic heterocycles. The van der Waals surface area contributed by atoms with Crippen molar-refractivity contribution in [2.24, 2.45) is 0 Å². The van der Waals surface area contributed by atoms with Crippen molar-refractivity contribution in [1.29, 1.82) is 0 Å². The first-order chi connectivity index (χ1) is 7.74. The van der Waals surface area contributed by atoms with E-state index in [-0.39, 0.29) is 5.78 Å². The molecule has 0 amide bonds. The zero-order valence-electron chi connectivity index (χ0n) is 9.35. The first-order valence-electron chi connectivity index (χ1n) is 5.16. The summed E-state index contributed by atoms with van der Waals surface area (Å²) in [6.07, 6.45) is 0.334. The molecule has 1 atom stereocenters. The Morgan fingerprint density at radius 2 is 1.94 bits per heavy atom. The molecule has 1 rings (SSSR count). The molecule has 0 fully saturated rings. The van der Waals surface area contributed by atoms with E-state index in [2.05, 4.69) is 0 Å². The second kappa shape index (κ2) is 7.30. The lowest BCUT2D eigenvalue weighted by molar-refractivity contribution is 0.0989. The summed E-state index contributed by atoms with van der Waals surface area (Å²) in [7, 11) is 0.616. The molecule has 0 saturated heterocycles. The molecule has 1 unspecified atom stereocenters. The van der Waals surface area contributed by atoms with Gasteiger partial charge in [0.25, 0.3) is 0 Å². The molecule has 0 N–H and O–H groups in total. The van der Waals surface area contributed by atoms with Gasteiger partial charge in [-0.3, -0.25) is 9.00 Å². The van der Waals surface area contributed by atoms with Gasteiger partial charge in [-0.2, -0.15) is 0 Å². The van der Waals surface area contributed by atoms with Crippen LogP contribution in [0.5, 0.6) is 0 Å². The zero-order chi connectivity index (χ0) is 11.8. The van der Waals surface area contributed by atoms with Gasteiger partial charge in [0.05, 0.1) is 6.61 Å². The summed E-state index contributed by atoms with van der Waals surface area (Å²) in [6, 6.07) is 9.08. The average Bonchev–Trinajstić information content (AvgIpc) is 2.34. The monoisotopic (exact) mass is 240 g/mol. The Hall–Kier alpha value is -1.00. The van der Waals surface area contributed by atoms with E-state index in [4.69, 9.17) is 4.74 Å². The molecule has 0 spiro atoms. The highest BCUT2D eigenvalue weighted by Gasteiger charge is 2.07. The summed E-state index contributed by atoms with van der Waals surface area (Å²) in [6.45, 7) is 0.478. The maximum atomic E-state index is 11.7. The summed E-state index contributed by atoms with van der Waals surface area (Å²) >= 11 is 0. The SMILES string of the molecule is COCCS(=O)CCC(=O)c1ccccc1. The molecular weight excluding hydrogens is 224 g/mol. The normalized spacial score (nSPS) is 12.3. The van der Waals surface area contributed by atoms with Crippen LogP contribution in [-0.2, 0) is 15.5 Å². The fraction of sp³-hybridized carbons (Fsp3) is 0.417. The topological polar surface area (TPSA) is 43.4 Å².